The Balaban J connectivity index is 2.35. The summed E-state index contributed by atoms with van der Waals surface area (Å²) in [6, 6.07) is 9.31. The van der Waals surface area contributed by atoms with Crippen LogP contribution >= 0.6 is 0 Å². The number of nitrogens with zero attached hydrogens (tertiary/aromatic N) is 2. The van der Waals surface area contributed by atoms with Crippen molar-refractivity contribution in [1.29, 1.82) is 0 Å². The van der Waals surface area contributed by atoms with Crippen LogP contribution in [-0.2, 0) is 9.84 Å². The van der Waals surface area contributed by atoms with E-state index < -0.39 is 21.1 Å². The van der Waals surface area contributed by atoms with E-state index in [1.165, 1.54) is 18.2 Å². The lowest BCUT2D eigenvalue weighted by atomic mass is 10.2. The number of nitrogens with one attached hydrogen (secondary N) is 2. The summed E-state index contributed by atoms with van der Waals surface area (Å²) in [5.74, 6) is 0. The van der Waals surface area contributed by atoms with Gasteiger partial charge in [-0.1, -0.05) is 6.07 Å². The van der Waals surface area contributed by atoms with Crippen molar-refractivity contribution in [3.8, 4) is 0 Å². The first-order chi connectivity index (χ1) is 12.6. The van der Waals surface area contributed by atoms with Gasteiger partial charge in [0.25, 0.3) is 5.56 Å². The number of para-hydroxylation sites is 1. The fraction of sp³-hybridized carbons (Fsp3) is 0.222. The highest BCUT2D eigenvalue weighted by Crippen LogP contribution is 2.31. The van der Waals surface area contributed by atoms with Crippen molar-refractivity contribution in [2.24, 2.45) is 0 Å². The lowest BCUT2D eigenvalue weighted by molar-refractivity contribution is 0.596. The molecule has 142 valence electrons. The van der Waals surface area contributed by atoms with Crippen LogP contribution in [0.25, 0.3) is 10.9 Å². The van der Waals surface area contributed by atoms with E-state index in [1.807, 2.05) is 44.1 Å². The fourth-order valence-corrected chi connectivity index (χ4v) is 4.25. The zero-order chi connectivity index (χ0) is 19.9. The Hall–Kier alpha value is -3.07. The van der Waals surface area contributed by atoms with Crippen molar-refractivity contribution in [2.45, 2.75) is 9.79 Å². The zero-order valence-corrected chi connectivity index (χ0v) is 16.2. The standard InChI is InChI=1S/C18H20N4O4S/c1-21(2)11-8-12(22(3)4)10-13(9-11)27(25,26)15-7-5-6-14-16(15)19-18(24)20-17(14)23/h5-10H,1-4H3,(H2,19,20,23,24). The molecule has 8 nitrogen and oxygen atoms in total. The smallest absolute Gasteiger partial charge is 0.326 e. The third-order valence-corrected chi connectivity index (χ3v) is 6.02. The van der Waals surface area contributed by atoms with Gasteiger partial charge in [-0.05, 0) is 30.3 Å². The van der Waals surface area contributed by atoms with Crippen molar-refractivity contribution in [1.82, 2.24) is 9.97 Å². The van der Waals surface area contributed by atoms with E-state index in [9.17, 15) is 18.0 Å². The molecule has 9 heteroatoms. The van der Waals surface area contributed by atoms with Crippen molar-refractivity contribution in [3.63, 3.8) is 0 Å². The van der Waals surface area contributed by atoms with E-state index in [0.29, 0.717) is 11.4 Å². The molecule has 0 saturated heterocycles. The number of sulfone groups is 1. The molecule has 27 heavy (non-hydrogen) atoms. The van der Waals surface area contributed by atoms with Crippen molar-refractivity contribution < 1.29 is 8.42 Å². The Labute approximate surface area is 156 Å². The minimum atomic E-state index is -3.99. The molecule has 3 rings (SSSR count). The molecular formula is C18H20N4O4S. The molecule has 0 amide bonds. The second kappa shape index (κ2) is 6.58. The third-order valence-electron chi connectivity index (χ3n) is 4.25. The first-order valence-electron chi connectivity index (χ1n) is 8.11. The Morgan fingerprint density at radius 2 is 1.44 bits per heavy atom. The van der Waals surface area contributed by atoms with Gasteiger partial charge >= 0.3 is 5.69 Å². The summed E-state index contributed by atoms with van der Waals surface area (Å²) in [4.78, 5) is 31.8. The van der Waals surface area contributed by atoms with Crippen LogP contribution in [0.2, 0.25) is 0 Å². The summed E-state index contributed by atoms with van der Waals surface area (Å²) in [7, 11) is 3.29. The van der Waals surface area contributed by atoms with Crippen LogP contribution in [0, 0.1) is 0 Å². The van der Waals surface area contributed by atoms with Crippen LogP contribution in [0.15, 0.2) is 55.8 Å². The third kappa shape index (κ3) is 3.33. The summed E-state index contributed by atoms with van der Waals surface area (Å²) < 4.78 is 26.7. The molecule has 2 N–H and O–H groups in total. The molecule has 0 aliphatic heterocycles. The highest BCUT2D eigenvalue weighted by molar-refractivity contribution is 7.91. The highest BCUT2D eigenvalue weighted by atomic mass is 32.2. The van der Waals surface area contributed by atoms with Gasteiger partial charge < -0.3 is 14.8 Å². The summed E-state index contributed by atoms with van der Waals surface area (Å²) in [5.41, 5.74) is 0.0265. The van der Waals surface area contributed by atoms with Crippen LogP contribution in [0.1, 0.15) is 0 Å². The number of anilines is 2. The number of hydrogen-bond acceptors (Lipinski definition) is 6. The molecule has 0 atom stereocenters. The predicted octanol–water partition coefficient (Wildman–Crippen LogP) is 1.18. The van der Waals surface area contributed by atoms with Crippen LogP contribution < -0.4 is 21.0 Å². The summed E-state index contributed by atoms with van der Waals surface area (Å²) in [6.07, 6.45) is 0. The van der Waals surface area contributed by atoms with E-state index in [1.54, 1.807) is 12.1 Å². The molecule has 3 aromatic rings. The molecular weight excluding hydrogens is 368 g/mol. The number of rotatable bonds is 4. The highest BCUT2D eigenvalue weighted by Gasteiger charge is 2.23. The molecule has 0 fully saturated rings. The maximum absolute atomic E-state index is 13.3. The molecule has 0 aliphatic rings. The molecule has 1 heterocycles. The van der Waals surface area contributed by atoms with Gasteiger partial charge in [-0.15, -0.1) is 0 Å². The Morgan fingerprint density at radius 3 is 2.00 bits per heavy atom. The van der Waals surface area contributed by atoms with Gasteiger partial charge in [0, 0.05) is 39.6 Å². The first-order valence-corrected chi connectivity index (χ1v) is 9.60. The maximum Gasteiger partial charge on any atom is 0.326 e. The molecule has 0 unspecified atom stereocenters. The quantitative estimate of drug-likeness (QED) is 0.695. The topological polar surface area (TPSA) is 106 Å². The average Bonchev–Trinajstić information content (AvgIpc) is 2.60. The van der Waals surface area contributed by atoms with Crippen molar-refractivity contribution in [2.75, 3.05) is 38.0 Å². The molecule has 0 saturated carbocycles. The summed E-state index contributed by atoms with van der Waals surface area (Å²) in [6.45, 7) is 0. The fourth-order valence-electron chi connectivity index (χ4n) is 2.75. The lowest BCUT2D eigenvalue weighted by Crippen LogP contribution is -2.23. The minimum Gasteiger partial charge on any atom is -0.378 e. The molecule has 0 aliphatic carbocycles. The van der Waals surface area contributed by atoms with Crippen molar-refractivity contribution in [3.05, 3.63) is 57.2 Å². The Bertz CT molecular complexity index is 1210. The Kier molecular flexibility index (Phi) is 4.56. The van der Waals surface area contributed by atoms with Gasteiger partial charge in [-0.3, -0.25) is 9.78 Å². The van der Waals surface area contributed by atoms with Crippen LogP contribution in [0.5, 0.6) is 0 Å². The van der Waals surface area contributed by atoms with E-state index in [4.69, 9.17) is 0 Å². The summed E-state index contributed by atoms with van der Waals surface area (Å²) in [5, 5.41) is 0.104. The predicted molar refractivity (Wildman–Crippen MR) is 106 cm³/mol. The van der Waals surface area contributed by atoms with E-state index in [2.05, 4.69) is 9.97 Å². The Morgan fingerprint density at radius 1 is 0.852 bits per heavy atom. The van der Waals surface area contributed by atoms with Crippen molar-refractivity contribution >= 4 is 32.1 Å². The van der Waals surface area contributed by atoms with Gasteiger partial charge in [0.1, 0.15) is 0 Å². The monoisotopic (exact) mass is 388 g/mol. The molecule has 0 spiro atoms. The van der Waals surface area contributed by atoms with Gasteiger partial charge in [-0.2, -0.15) is 0 Å². The van der Waals surface area contributed by atoms with Crippen LogP contribution in [-0.4, -0.2) is 46.6 Å². The number of aromatic nitrogens is 2. The molecule has 2 aromatic carbocycles. The van der Waals surface area contributed by atoms with Crippen LogP contribution in [0.3, 0.4) is 0 Å². The summed E-state index contributed by atoms with van der Waals surface area (Å²) >= 11 is 0. The normalized spacial score (nSPS) is 11.6. The zero-order valence-electron chi connectivity index (χ0n) is 15.4. The van der Waals surface area contributed by atoms with Gasteiger partial charge in [-0.25, -0.2) is 13.2 Å². The van der Waals surface area contributed by atoms with E-state index in [0.717, 1.165) is 0 Å². The number of benzene rings is 2. The lowest BCUT2D eigenvalue weighted by Gasteiger charge is -2.20. The SMILES string of the molecule is CN(C)c1cc(N(C)C)cc(S(=O)(=O)c2cccc3c(=O)[nH]c(=O)[nH]c23)c1. The second-order valence-corrected chi connectivity index (χ2v) is 8.48. The second-order valence-electron chi connectivity index (χ2n) is 6.56. The van der Waals surface area contributed by atoms with Gasteiger partial charge in [0.15, 0.2) is 0 Å². The number of fused-ring (bicyclic) bond motifs is 1. The number of hydrogen-bond donors (Lipinski definition) is 2. The van der Waals surface area contributed by atoms with Gasteiger partial charge in [0.2, 0.25) is 9.84 Å². The van der Waals surface area contributed by atoms with Crippen LogP contribution in [0.4, 0.5) is 11.4 Å². The van der Waals surface area contributed by atoms with E-state index >= 15 is 0 Å². The average molecular weight is 388 g/mol. The minimum absolute atomic E-state index is 0.00657. The van der Waals surface area contributed by atoms with E-state index in [-0.39, 0.29) is 20.7 Å². The van der Waals surface area contributed by atoms with Gasteiger partial charge in [0.05, 0.1) is 20.7 Å². The first kappa shape index (κ1) is 18.7. The largest absolute Gasteiger partial charge is 0.378 e. The molecule has 0 bridgehead atoms. The molecule has 1 aromatic heterocycles. The number of aromatic amines is 2. The molecule has 0 radical (unpaired) electrons. The number of H-pyrrole nitrogens is 2. The maximum atomic E-state index is 13.3.